The number of benzene rings is 2. The first-order valence-electron chi connectivity index (χ1n) is 11.5. The van der Waals surface area contributed by atoms with Crippen LogP contribution in [0.1, 0.15) is 35.3 Å². The molecule has 8 nitrogen and oxygen atoms in total. The fourth-order valence-corrected chi connectivity index (χ4v) is 4.13. The molecular weight excluding hydrogens is 470 g/mol. The number of nitrogens with zero attached hydrogens (tertiary/aromatic N) is 1. The van der Waals surface area contributed by atoms with Gasteiger partial charge in [0.05, 0.1) is 18.7 Å². The molecular formula is C26H32ClN3O5. The second kappa shape index (κ2) is 12.3. The molecule has 1 heterocycles. The monoisotopic (exact) mass is 501 g/mol. The number of hydrogen-bond acceptors (Lipinski definition) is 8. The zero-order valence-corrected chi connectivity index (χ0v) is 21.0. The lowest BCUT2D eigenvalue weighted by Gasteiger charge is -2.28. The van der Waals surface area contributed by atoms with Gasteiger partial charge in [-0.2, -0.15) is 5.26 Å². The molecule has 0 spiro atoms. The topological polar surface area (TPSA) is 113 Å². The van der Waals surface area contributed by atoms with Crippen molar-refractivity contribution in [3.8, 4) is 17.6 Å². The quantitative estimate of drug-likeness (QED) is 0.403. The van der Waals surface area contributed by atoms with Crippen molar-refractivity contribution in [2.45, 2.75) is 38.0 Å². The molecule has 0 aromatic heterocycles. The molecule has 0 amide bonds. The van der Waals surface area contributed by atoms with E-state index in [2.05, 4.69) is 24.5 Å². The number of methoxy groups -OCH3 is 1. The van der Waals surface area contributed by atoms with E-state index in [4.69, 9.17) is 25.8 Å². The lowest BCUT2D eigenvalue weighted by Crippen LogP contribution is -2.46. The van der Waals surface area contributed by atoms with Crippen LogP contribution >= 0.6 is 11.6 Å². The first-order chi connectivity index (χ1) is 16.7. The van der Waals surface area contributed by atoms with Gasteiger partial charge in [0.25, 0.3) is 0 Å². The van der Waals surface area contributed by atoms with Crippen LogP contribution in [0.5, 0.6) is 11.5 Å². The Morgan fingerprint density at radius 1 is 1.34 bits per heavy atom. The predicted octanol–water partition coefficient (Wildman–Crippen LogP) is 2.74. The van der Waals surface area contributed by atoms with Crippen molar-refractivity contribution in [2.75, 3.05) is 40.0 Å². The van der Waals surface area contributed by atoms with Crippen LogP contribution in [0.2, 0.25) is 5.02 Å². The van der Waals surface area contributed by atoms with E-state index in [-0.39, 0.29) is 39.8 Å². The van der Waals surface area contributed by atoms with Crippen LogP contribution in [0.15, 0.2) is 36.4 Å². The average molecular weight is 502 g/mol. The van der Waals surface area contributed by atoms with Gasteiger partial charge in [0.15, 0.2) is 5.78 Å². The van der Waals surface area contributed by atoms with E-state index in [0.717, 1.165) is 17.7 Å². The summed E-state index contributed by atoms with van der Waals surface area (Å²) >= 11 is 6.38. The van der Waals surface area contributed by atoms with Crippen molar-refractivity contribution in [1.82, 2.24) is 10.6 Å². The Morgan fingerprint density at radius 2 is 2.09 bits per heavy atom. The number of halogens is 1. The minimum atomic E-state index is -0.821. The summed E-state index contributed by atoms with van der Waals surface area (Å²) in [4.78, 5) is 12.8. The van der Waals surface area contributed by atoms with Gasteiger partial charge in [-0.1, -0.05) is 23.7 Å². The van der Waals surface area contributed by atoms with Gasteiger partial charge in [0, 0.05) is 30.7 Å². The Morgan fingerprint density at radius 3 is 2.71 bits per heavy atom. The van der Waals surface area contributed by atoms with E-state index in [1.54, 1.807) is 7.11 Å². The molecule has 0 radical (unpaired) electrons. The molecule has 3 N–H and O–H groups in total. The van der Waals surface area contributed by atoms with E-state index >= 15 is 0 Å². The number of Topliss-reactive ketones (excluding diaryl/α,β-unsaturated/α-hetero) is 1. The highest BCUT2D eigenvalue weighted by Crippen LogP contribution is 2.31. The molecule has 2 aromatic carbocycles. The zero-order valence-electron chi connectivity index (χ0n) is 20.3. The summed E-state index contributed by atoms with van der Waals surface area (Å²) in [6, 6.07) is 12.9. The van der Waals surface area contributed by atoms with Crippen molar-refractivity contribution in [1.29, 1.82) is 5.26 Å². The largest absolute Gasteiger partial charge is 0.497 e. The second-order valence-corrected chi connectivity index (χ2v) is 9.47. The number of carbonyl (C=O) groups excluding carboxylic acids is 1. The third-order valence-corrected chi connectivity index (χ3v) is 6.15. The number of hydrogen-bond donors (Lipinski definition) is 3. The summed E-state index contributed by atoms with van der Waals surface area (Å²) in [6.45, 7) is 5.87. The molecule has 0 bridgehead atoms. The lowest BCUT2D eigenvalue weighted by atomic mass is 9.94. The summed E-state index contributed by atoms with van der Waals surface area (Å²) in [6.07, 6.45) is -0.707. The van der Waals surface area contributed by atoms with Crippen LogP contribution in [-0.2, 0) is 11.2 Å². The van der Waals surface area contributed by atoms with Crippen LogP contribution in [0.4, 0.5) is 0 Å². The fourth-order valence-electron chi connectivity index (χ4n) is 3.84. The number of rotatable bonds is 11. The first kappa shape index (κ1) is 26.9. The summed E-state index contributed by atoms with van der Waals surface area (Å²) < 4.78 is 16.4. The van der Waals surface area contributed by atoms with E-state index in [1.165, 1.54) is 12.1 Å². The fraction of sp³-hybridized carbons (Fsp3) is 0.462. The molecule has 2 atom stereocenters. The molecule has 1 aliphatic rings. The van der Waals surface area contributed by atoms with E-state index in [9.17, 15) is 15.2 Å². The number of ketones is 1. The molecule has 2 aromatic rings. The SMILES string of the molecule is COc1ccc(CC(C)(C)NC[C@@H](O)COc2ccc(C(=O)C3CNCCO3)c(Cl)c2C#N)cc1. The van der Waals surface area contributed by atoms with Crippen molar-refractivity contribution in [3.05, 3.63) is 58.1 Å². The summed E-state index contributed by atoms with van der Waals surface area (Å²) in [5.41, 5.74) is 1.15. The average Bonchev–Trinajstić information content (AvgIpc) is 2.86. The van der Waals surface area contributed by atoms with Crippen molar-refractivity contribution >= 4 is 17.4 Å². The van der Waals surface area contributed by atoms with Crippen LogP contribution in [0, 0.1) is 11.3 Å². The van der Waals surface area contributed by atoms with Crippen LogP contribution in [0.25, 0.3) is 0 Å². The van der Waals surface area contributed by atoms with Crippen LogP contribution < -0.4 is 20.1 Å². The van der Waals surface area contributed by atoms with Crippen molar-refractivity contribution in [2.24, 2.45) is 0 Å². The van der Waals surface area contributed by atoms with Gasteiger partial charge in [0.2, 0.25) is 0 Å². The van der Waals surface area contributed by atoms with Crippen molar-refractivity contribution in [3.63, 3.8) is 0 Å². The molecule has 1 saturated heterocycles. The van der Waals surface area contributed by atoms with Crippen molar-refractivity contribution < 1.29 is 24.1 Å². The maximum atomic E-state index is 12.8. The Bertz CT molecular complexity index is 1050. The molecule has 0 saturated carbocycles. The summed E-state index contributed by atoms with van der Waals surface area (Å²) in [7, 11) is 1.63. The molecule has 35 heavy (non-hydrogen) atoms. The third kappa shape index (κ3) is 7.40. The maximum Gasteiger partial charge on any atom is 0.194 e. The Labute approximate surface area is 211 Å². The number of aliphatic hydroxyl groups excluding tert-OH is 1. The van der Waals surface area contributed by atoms with Gasteiger partial charge in [-0.05, 0) is 50.1 Å². The molecule has 1 unspecified atom stereocenters. The predicted molar refractivity (Wildman–Crippen MR) is 133 cm³/mol. The van der Waals surface area contributed by atoms with E-state index in [1.807, 2.05) is 30.3 Å². The molecule has 9 heteroatoms. The van der Waals surface area contributed by atoms with Gasteiger partial charge >= 0.3 is 0 Å². The standard InChI is InChI=1S/C26H32ClN3O5/c1-26(2,12-17-4-6-19(33-3)7-5-17)30-14-18(31)16-35-22-9-8-20(24(27)21(22)13-28)25(32)23-15-29-10-11-34-23/h4-9,18,23,29-31H,10-12,14-16H2,1-3H3/t18-,23?/m1/s1. The highest BCUT2D eigenvalue weighted by molar-refractivity contribution is 6.35. The number of β-amino-alcohol motifs (C(OH)–C–C–N with tert-alkyl or cyclic N) is 1. The number of nitriles is 1. The lowest BCUT2D eigenvalue weighted by molar-refractivity contribution is 0.0269. The highest BCUT2D eigenvalue weighted by Gasteiger charge is 2.27. The number of ether oxygens (including phenoxy) is 3. The number of nitrogens with one attached hydrogen (secondary N) is 2. The number of carbonyl (C=O) groups is 1. The van der Waals surface area contributed by atoms with E-state index in [0.29, 0.717) is 26.2 Å². The van der Waals surface area contributed by atoms with Crippen LogP contribution in [-0.4, -0.2) is 68.6 Å². The number of morpholine rings is 1. The maximum absolute atomic E-state index is 12.8. The molecule has 1 aliphatic heterocycles. The highest BCUT2D eigenvalue weighted by atomic mass is 35.5. The van der Waals surface area contributed by atoms with E-state index < -0.39 is 12.2 Å². The Hall–Kier alpha value is -2.67. The van der Waals surface area contributed by atoms with Gasteiger partial charge in [0.1, 0.15) is 41.9 Å². The summed E-state index contributed by atoms with van der Waals surface area (Å²) in [5.74, 6) is 0.738. The zero-order chi connectivity index (χ0) is 25.4. The molecule has 3 rings (SSSR count). The van der Waals surface area contributed by atoms with Crippen LogP contribution in [0.3, 0.4) is 0 Å². The smallest absolute Gasteiger partial charge is 0.194 e. The van der Waals surface area contributed by atoms with Gasteiger partial charge in [-0.3, -0.25) is 4.79 Å². The van der Waals surface area contributed by atoms with Gasteiger partial charge < -0.3 is 30.0 Å². The molecule has 1 fully saturated rings. The van der Waals surface area contributed by atoms with Gasteiger partial charge in [-0.25, -0.2) is 0 Å². The van der Waals surface area contributed by atoms with Gasteiger partial charge in [-0.15, -0.1) is 0 Å². The minimum Gasteiger partial charge on any atom is -0.497 e. The Kier molecular flexibility index (Phi) is 9.49. The molecule has 188 valence electrons. The number of aliphatic hydroxyl groups is 1. The Balaban J connectivity index is 1.55. The normalized spacial score (nSPS) is 16.9. The summed E-state index contributed by atoms with van der Waals surface area (Å²) in [5, 5.41) is 26.6. The molecule has 0 aliphatic carbocycles. The minimum absolute atomic E-state index is 0.0254. The third-order valence-electron chi connectivity index (χ3n) is 5.75. The second-order valence-electron chi connectivity index (χ2n) is 9.09. The first-order valence-corrected chi connectivity index (χ1v) is 11.9.